The van der Waals surface area contributed by atoms with Crippen molar-refractivity contribution in [2.75, 3.05) is 18.9 Å². The van der Waals surface area contributed by atoms with E-state index in [9.17, 15) is 9.18 Å². The molecule has 0 atom stereocenters. The van der Waals surface area contributed by atoms with E-state index < -0.39 is 0 Å². The van der Waals surface area contributed by atoms with Crippen molar-refractivity contribution in [1.82, 2.24) is 4.90 Å². The second kappa shape index (κ2) is 6.99. The fourth-order valence-electron chi connectivity index (χ4n) is 2.16. The fourth-order valence-corrected chi connectivity index (χ4v) is 2.16. The molecule has 110 valence electrons. The maximum Gasteiger partial charge on any atom is 0.238 e. The van der Waals surface area contributed by atoms with Crippen LogP contribution in [0.1, 0.15) is 11.1 Å². The molecule has 2 rings (SSSR count). The molecular weight excluding hydrogens is 267 g/mol. The number of amides is 1. The molecule has 0 aliphatic heterocycles. The average Bonchev–Trinajstić information content (AvgIpc) is 2.41. The van der Waals surface area contributed by atoms with Gasteiger partial charge in [-0.3, -0.25) is 9.69 Å². The Morgan fingerprint density at radius 3 is 2.57 bits per heavy atom. The van der Waals surface area contributed by atoms with Crippen molar-refractivity contribution in [3.63, 3.8) is 0 Å². The second-order valence-corrected chi connectivity index (χ2v) is 5.22. The molecule has 0 spiro atoms. The number of rotatable bonds is 5. The third kappa shape index (κ3) is 5.00. The molecule has 0 saturated heterocycles. The highest BCUT2D eigenvalue weighted by Crippen LogP contribution is 2.09. The van der Waals surface area contributed by atoms with Crippen molar-refractivity contribution in [3.8, 4) is 0 Å². The molecular formula is C17H19FN2O. The summed E-state index contributed by atoms with van der Waals surface area (Å²) in [5.41, 5.74) is 2.98. The molecule has 0 unspecified atom stereocenters. The molecule has 0 radical (unpaired) electrons. The molecule has 2 aromatic carbocycles. The number of carbonyl (C=O) groups excluding carboxylic acids is 1. The minimum absolute atomic E-state index is 0.114. The Kier molecular flexibility index (Phi) is 5.06. The van der Waals surface area contributed by atoms with E-state index in [1.165, 1.54) is 23.3 Å². The molecule has 21 heavy (non-hydrogen) atoms. The predicted octanol–water partition coefficient (Wildman–Crippen LogP) is 3.20. The zero-order valence-corrected chi connectivity index (χ0v) is 12.3. The van der Waals surface area contributed by atoms with E-state index in [4.69, 9.17) is 0 Å². The fraction of sp³-hybridized carbons (Fsp3) is 0.235. The van der Waals surface area contributed by atoms with E-state index >= 15 is 0 Å². The van der Waals surface area contributed by atoms with Gasteiger partial charge in [0.15, 0.2) is 0 Å². The minimum Gasteiger partial charge on any atom is -0.325 e. The SMILES string of the molecule is Cc1cccc(CN(C)CC(=O)Nc2ccc(F)cc2)c1. The molecule has 0 saturated carbocycles. The number of hydrogen-bond acceptors (Lipinski definition) is 2. The van der Waals surface area contributed by atoms with Gasteiger partial charge in [0, 0.05) is 12.2 Å². The highest BCUT2D eigenvalue weighted by Gasteiger charge is 2.07. The number of aryl methyl sites for hydroxylation is 1. The monoisotopic (exact) mass is 286 g/mol. The van der Waals surface area contributed by atoms with Gasteiger partial charge in [0.1, 0.15) is 5.82 Å². The van der Waals surface area contributed by atoms with E-state index in [0.717, 1.165) is 0 Å². The van der Waals surface area contributed by atoms with Crippen LogP contribution in [0.4, 0.5) is 10.1 Å². The standard InChI is InChI=1S/C17H19FN2O/c1-13-4-3-5-14(10-13)11-20(2)12-17(21)19-16-8-6-15(18)7-9-16/h3-10H,11-12H2,1-2H3,(H,19,21). The van der Waals surface area contributed by atoms with Crippen LogP contribution in [0.15, 0.2) is 48.5 Å². The first-order chi connectivity index (χ1) is 10.0. The number of anilines is 1. The zero-order valence-electron chi connectivity index (χ0n) is 12.3. The van der Waals surface area contributed by atoms with Gasteiger partial charge in [-0.15, -0.1) is 0 Å². The highest BCUT2D eigenvalue weighted by molar-refractivity contribution is 5.92. The van der Waals surface area contributed by atoms with E-state index in [-0.39, 0.29) is 18.3 Å². The van der Waals surface area contributed by atoms with Gasteiger partial charge in [-0.25, -0.2) is 4.39 Å². The van der Waals surface area contributed by atoms with Crippen LogP contribution in [-0.4, -0.2) is 24.4 Å². The van der Waals surface area contributed by atoms with Crippen molar-refractivity contribution < 1.29 is 9.18 Å². The van der Waals surface area contributed by atoms with Crippen LogP contribution in [-0.2, 0) is 11.3 Å². The third-order valence-corrected chi connectivity index (χ3v) is 3.08. The van der Waals surface area contributed by atoms with Gasteiger partial charge >= 0.3 is 0 Å². The molecule has 2 aromatic rings. The van der Waals surface area contributed by atoms with Crippen LogP contribution in [0.3, 0.4) is 0 Å². The smallest absolute Gasteiger partial charge is 0.238 e. The first-order valence-corrected chi connectivity index (χ1v) is 6.82. The lowest BCUT2D eigenvalue weighted by atomic mass is 10.1. The Labute approximate surface area is 124 Å². The van der Waals surface area contributed by atoms with Gasteiger partial charge in [-0.2, -0.15) is 0 Å². The lowest BCUT2D eigenvalue weighted by Crippen LogP contribution is -2.29. The van der Waals surface area contributed by atoms with Crippen molar-refractivity contribution in [3.05, 3.63) is 65.5 Å². The predicted molar refractivity (Wildman–Crippen MR) is 82.5 cm³/mol. The van der Waals surface area contributed by atoms with E-state index in [1.807, 2.05) is 37.1 Å². The third-order valence-electron chi connectivity index (χ3n) is 3.08. The summed E-state index contributed by atoms with van der Waals surface area (Å²) in [5, 5.41) is 2.75. The van der Waals surface area contributed by atoms with Gasteiger partial charge < -0.3 is 5.32 Å². The van der Waals surface area contributed by atoms with Crippen LogP contribution in [0, 0.1) is 12.7 Å². The Bertz CT molecular complexity index is 610. The number of nitrogens with one attached hydrogen (secondary N) is 1. The van der Waals surface area contributed by atoms with Gasteiger partial charge in [-0.05, 0) is 43.8 Å². The second-order valence-electron chi connectivity index (χ2n) is 5.22. The molecule has 0 heterocycles. The van der Waals surface area contributed by atoms with Crippen LogP contribution in [0.25, 0.3) is 0 Å². The Hall–Kier alpha value is -2.20. The van der Waals surface area contributed by atoms with Crippen molar-refractivity contribution in [2.24, 2.45) is 0 Å². The number of nitrogens with zero attached hydrogens (tertiary/aromatic N) is 1. The van der Waals surface area contributed by atoms with Gasteiger partial charge in [0.25, 0.3) is 0 Å². The summed E-state index contributed by atoms with van der Waals surface area (Å²) in [7, 11) is 1.90. The number of likely N-dealkylation sites (N-methyl/N-ethyl adjacent to an activating group) is 1. The van der Waals surface area contributed by atoms with Crippen molar-refractivity contribution in [2.45, 2.75) is 13.5 Å². The largest absolute Gasteiger partial charge is 0.325 e. The maximum absolute atomic E-state index is 12.8. The molecule has 0 aliphatic carbocycles. The van der Waals surface area contributed by atoms with Gasteiger partial charge in [-0.1, -0.05) is 29.8 Å². The summed E-state index contributed by atoms with van der Waals surface area (Å²) in [6.07, 6.45) is 0. The first kappa shape index (κ1) is 15.2. The molecule has 1 N–H and O–H groups in total. The quantitative estimate of drug-likeness (QED) is 0.915. The lowest BCUT2D eigenvalue weighted by Gasteiger charge is -2.16. The Morgan fingerprint density at radius 2 is 1.90 bits per heavy atom. The van der Waals surface area contributed by atoms with E-state index in [0.29, 0.717) is 12.2 Å². The van der Waals surface area contributed by atoms with Crippen LogP contribution in [0.2, 0.25) is 0 Å². The minimum atomic E-state index is -0.315. The number of halogens is 1. The number of carbonyl (C=O) groups is 1. The molecule has 4 heteroatoms. The normalized spacial score (nSPS) is 10.7. The molecule has 0 aromatic heterocycles. The van der Waals surface area contributed by atoms with Crippen LogP contribution < -0.4 is 5.32 Å². The summed E-state index contributed by atoms with van der Waals surface area (Å²) in [4.78, 5) is 13.9. The average molecular weight is 286 g/mol. The van der Waals surface area contributed by atoms with Crippen molar-refractivity contribution >= 4 is 11.6 Å². The van der Waals surface area contributed by atoms with Gasteiger partial charge in [0.2, 0.25) is 5.91 Å². The molecule has 3 nitrogen and oxygen atoms in total. The highest BCUT2D eigenvalue weighted by atomic mass is 19.1. The summed E-state index contributed by atoms with van der Waals surface area (Å²) in [5.74, 6) is -0.429. The molecule has 1 amide bonds. The molecule has 0 bridgehead atoms. The first-order valence-electron chi connectivity index (χ1n) is 6.82. The van der Waals surface area contributed by atoms with Crippen LogP contribution in [0.5, 0.6) is 0 Å². The Morgan fingerprint density at radius 1 is 1.19 bits per heavy atom. The maximum atomic E-state index is 12.8. The topological polar surface area (TPSA) is 32.3 Å². The van der Waals surface area contributed by atoms with E-state index in [1.54, 1.807) is 12.1 Å². The molecule has 0 fully saturated rings. The summed E-state index contributed by atoms with van der Waals surface area (Å²) in [6, 6.07) is 14.0. The van der Waals surface area contributed by atoms with E-state index in [2.05, 4.69) is 11.4 Å². The number of benzene rings is 2. The molecule has 0 aliphatic rings. The lowest BCUT2D eigenvalue weighted by molar-refractivity contribution is -0.117. The summed E-state index contributed by atoms with van der Waals surface area (Å²) in [6.45, 7) is 3.04. The summed E-state index contributed by atoms with van der Waals surface area (Å²) < 4.78 is 12.8. The number of hydrogen-bond donors (Lipinski definition) is 1. The van der Waals surface area contributed by atoms with Crippen molar-refractivity contribution in [1.29, 1.82) is 0 Å². The van der Waals surface area contributed by atoms with Gasteiger partial charge in [0.05, 0.1) is 6.54 Å². The van der Waals surface area contributed by atoms with Crippen LogP contribution >= 0.6 is 0 Å². The zero-order chi connectivity index (χ0) is 15.2. The Balaban J connectivity index is 1.86. The summed E-state index contributed by atoms with van der Waals surface area (Å²) >= 11 is 0.